The maximum absolute atomic E-state index is 13.2. The number of hydrogen-bond acceptors (Lipinski definition) is 13. The second-order valence-electron chi connectivity index (χ2n) is 8.95. The first kappa shape index (κ1) is 31.3. The molecule has 15 heteroatoms. The van der Waals surface area contributed by atoms with Crippen LogP contribution in [0, 0.1) is 0 Å². The minimum Gasteiger partial charge on any atom is -0.481 e. The van der Waals surface area contributed by atoms with Gasteiger partial charge in [0, 0.05) is 27.7 Å². The molecule has 1 aliphatic heterocycles. The van der Waals surface area contributed by atoms with Crippen molar-refractivity contribution in [3.05, 3.63) is 0 Å². The lowest BCUT2D eigenvalue weighted by Gasteiger charge is -2.43. The standard InChI is InChI=1S/C22H31NO14/c1-9(24)32-15-16(33-10(2)25)18(34-11(3)26)21(35-12(4)27)36-17(15)19(30)23-13(8-14(28)29)20(31)37-22(5,6)7/h13,15-18,21H,8H2,1-7H3,(H,23,30)(H,28,29)/t13?,15-,16-,17-,18+,21+/m0/s1. The zero-order chi connectivity index (χ0) is 28.7. The molecule has 1 fully saturated rings. The second kappa shape index (κ2) is 13.0. The highest BCUT2D eigenvalue weighted by Crippen LogP contribution is 2.30. The molecule has 0 aliphatic carbocycles. The quantitative estimate of drug-likeness (QED) is 0.279. The molecule has 1 unspecified atom stereocenters. The first-order valence-corrected chi connectivity index (χ1v) is 11.0. The minimum absolute atomic E-state index is 0.886. The van der Waals surface area contributed by atoms with E-state index in [2.05, 4.69) is 5.32 Å². The molecule has 0 aromatic rings. The lowest BCUT2D eigenvalue weighted by atomic mass is 9.96. The van der Waals surface area contributed by atoms with E-state index in [1.807, 2.05) is 0 Å². The number of rotatable bonds is 9. The zero-order valence-electron chi connectivity index (χ0n) is 21.4. The molecule has 0 aromatic carbocycles. The molecular formula is C22H31NO14. The van der Waals surface area contributed by atoms with E-state index in [-0.39, 0.29) is 0 Å². The second-order valence-corrected chi connectivity index (χ2v) is 8.95. The molecule has 1 heterocycles. The number of nitrogens with one attached hydrogen (secondary N) is 1. The van der Waals surface area contributed by atoms with Gasteiger partial charge in [-0.25, -0.2) is 4.79 Å². The van der Waals surface area contributed by atoms with Crippen LogP contribution in [0.15, 0.2) is 0 Å². The summed E-state index contributed by atoms with van der Waals surface area (Å²) in [6.07, 6.45) is -9.79. The summed E-state index contributed by atoms with van der Waals surface area (Å²) in [4.78, 5) is 84.1. The first-order chi connectivity index (χ1) is 16.9. The van der Waals surface area contributed by atoms with Crippen LogP contribution in [0.1, 0.15) is 54.9 Å². The van der Waals surface area contributed by atoms with Crippen LogP contribution < -0.4 is 5.32 Å². The molecule has 2 N–H and O–H groups in total. The zero-order valence-corrected chi connectivity index (χ0v) is 21.4. The third-order valence-corrected chi connectivity index (χ3v) is 4.33. The van der Waals surface area contributed by atoms with Gasteiger partial charge in [-0.15, -0.1) is 0 Å². The van der Waals surface area contributed by atoms with E-state index in [0.717, 1.165) is 27.7 Å². The third kappa shape index (κ3) is 10.4. The summed E-state index contributed by atoms with van der Waals surface area (Å²) in [6, 6.07) is -1.71. The molecule has 0 spiro atoms. The van der Waals surface area contributed by atoms with Crippen molar-refractivity contribution in [1.29, 1.82) is 0 Å². The van der Waals surface area contributed by atoms with Gasteiger partial charge in [-0.1, -0.05) is 0 Å². The Labute approximate surface area is 212 Å². The Morgan fingerprint density at radius 3 is 1.68 bits per heavy atom. The number of carboxylic acids is 1. The average Bonchev–Trinajstić information content (AvgIpc) is 2.68. The number of hydrogen-bond donors (Lipinski definition) is 2. The first-order valence-electron chi connectivity index (χ1n) is 11.0. The van der Waals surface area contributed by atoms with Crippen LogP contribution in [0.5, 0.6) is 0 Å². The molecule has 6 atom stereocenters. The van der Waals surface area contributed by atoms with E-state index >= 15 is 0 Å². The van der Waals surface area contributed by atoms with Gasteiger partial charge in [-0.3, -0.25) is 28.8 Å². The number of amides is 1. The number of ether oxygens (including phenoxy) is 6. The molecule has 1 aliphatic rings. The Hall–Kier alpha value is -3.75. The van der Waals surface area contributed by atoms with Crippen LogP contribution >= 0.6 is 0 Å². The monoisotopic (exact) mass is 533 g/mol. The largest absolute Gasteiger partial charge is 0.481 e. The van der Waals surface area contributed by atoms with E-state index in [1.54, 1.807) is 0 Å². The summed E-state index contributed by atoms with van der Waals surface area (Å²) in [5.41, 5.74) is -1.03. The normalized spacial score (nSPS) is 24.0. The molecule has 0 radical (unpaired) electrons. The summed E-state index contributed by atoms with van der Waals surface area (Å²) in [5.74, 6) is -7.52. The molecule has 1 amide bonds. The van der Waals surface area contributed by atoms with Gasteiger partial charge in [-0.2, -0.15) is 0 Å². The Balaban J connectivity index is 3.48. The van der Waals surface area contributed by atoms with Crippen LogP contribution in [0.2, 0.25) is 0 Å². The van der Waals surface area contributed by atoms with Crippen molar-refractivity contribution in [2.45, 2.75) is 97.2 Å². The fraction of sp³-hybridized carbons (Fsp3) is 0.682. The number of carboxylic acid groups (broad SMARTS) is 1. The van der Waals surface area contributed by atoms with Crippen LogP contribution in [0.4, 0.5) is 0 Å². The van der Waals surface area contributed by atoms with Crippen molar-refractivity contribution in [2.75, 3.05) is 0 Å². The maximum atomic E-state index is 13.2. The van der Waals surface area contributed by atoms with Crippen molar-refractivity contribution >= 4 is 41.7 Å². The highest BCUT2D eigenvalue weighted by molar-refractivity contribution is 5.90. The van der Waals surface area contributed by atoms with Gasteiger partial charge >= 0.3 is 35.8 Å². The molecule has 0 aromatic heterocycles. The molecule has 0 bridgehead atoms. The number of carbonyl (C=O) groups is 7. The predicted molar refractivity (Wildman–Crippen MR) is 117 cm³/mol. The van der Waals surface area contributed by atoms with Crippen LogP contribution in [0.25, 0.3) is 0 Å². The van der Waals surface area contributed by atoms with Gasteiger partial charge in [0.05, 0.1) is 6.42 Å². The molecule has 37 heavy (non-hydrogen) atoms. The number of carbonyl (C=O) groups excluding carboxylic acids is 6. The van der Waals surface area contributed by atoms with Crippen LogP contribution in [-0.2, 0) is 62.0 Å². The van der Waals surface area contributed by atoms with Crippen molar-refractivity contribution < 1.29 is 67.1 Å². The Bertz CT molecular complexity index is 923. The Kier molecular flexibility index (Phi) is 11.0. The third-order valence-electron chi connectivity index (χ3n) is 4.33. The minimum atomic E-state index is -1.93. The van der Waals surface area contributed by atoms with Crippen LogP contribution in [0.3, 0.4) is 0 Å². The fourth-order valence-corrected chi connectivity index (χ4v) is 3.24. The SMILES string of the molecule is CC(=O)O[C@@H]1O[C@H](C(=O)NC(CC(=O)O)C(=O)OC(C)(C)C)[C@@H](OC(C)=O)[C@H](OC(C)=O)[C@H]1OC(C)=O. The van der Waals surface area contributed by atoms with Gasteiger partial charge in [-0.05, 0) is 20.8 Å². The van der Waals surface area contributed by atoms with Gasteiger partial charge in [0.1, 0.15) is 11.6 Å². The van der Waals surface area contributed by atoms with Crippen molar-refractivity contribution in [1.82, 2.24) is 5.32 Å². The van der Waals surface area contributed by atoms with Gasteiger partial charge in [0.2, 0.25) is 12.4 Å². The van der Waals surface area contributed by atoms with Gasteiger partial charge in [0.15, 0.2) is 18.3 Å². The van der Waals surface area contributed by atoms with Gasteiger partial charge < -0.3 is 38.8 Å². The maximum Gasteiger partial charge on any atom is 0.329 e. The molecule has 0 saturated carbocycles. The number of aliphatic carboxylic acids is 1. The highest BCUT2D eigenvalue weighted by atomic mass is 16.7. The summed E-state index contributed by atoms with van der Waals surface area (Å²) < 4.78 is 31.0. The number of esters is 5. The van der Waals surface area contributed by atoms with Crippen molar-refractivity contribution in [3.63, 3.8) is 0 Å². The molecule has 1 rings (SSSR count). The topological polar surface area (TPSA) is 207 Å². The molecule has 208 valence electrons. The van der Waals surface area contributed by atoms with Crippen molar-refractivity contribution in [3.8, 4) is 0 Å². The van der Waals surface area contributed by atoms with Gasteiger partial charge in [0.25, 0.3) is 5.91 Å². The van der Waals surface area contributed by atoms with Crippen molar-refractivity contribution in [2.24, 2.45) is 0 Å². The van der Waals surface area contributed by atoms with E-state index in [1.165, 1.54) is 20.8 Å². The summed E-state index contributed by atoms with van der Waals surface area (Å²) in [7, 11) is 0. The summed E-state index contributed by atoms with van der Waals surface area (Å²) in [5, 5.41) is 11.4. The lowest BCUT2D eigenvalue weighted by molar-refractivity contribution is -0.290. The Morgan fingerprint density at radius 1 is 0.784 bits per heavy atom. The lowest BCUT2D eigenvalue weighted by Crippen LogP contribution is -2.66. The summed E-state index contributed by atoms with van der Waals surface area (Å²) >= 11 is 0. The van der Waals surface area contributed by atoms with E-state index in [0.29, 0.717) is 0 Å². The fourth-order valence-electron chi connectivity index (χ4n) is 3.24. The average molecular weight is 533 g/mol. The summed E-state index contributed by atoms with van der Waals surface area (Å²) in [6.45, 7) is 8.48. The Morgan fingerprint density at radius 2 is 1.24 bits per heavy atom. The molecular weight excluding hydrogens is 502 g/mol. The van der Waals surface area contributed by atoms with E-state index in [4.69, 9.17) is 28.4 Å². The predicted octanol–water partition coefficient (Wildman–Crippen LogP) is -0.629. The van der Waals surface area contributed by atoms with E-state index in [9.17, 15) is 38.7 Å². The van der Waals surface area contributed by atoms with E-state index < -0.39 is 90.5 Å². The molecule has 1 saturated heterocycles. The van der Waals surface area contributed by atoms with Crippen LogP contribution in [-0.4, -0.2) is 89.2 Å². The smallest absolute Gasteiger partial charge is 0.329 e. The highest BCUT2D eigenvalue weighted by Gasteiger charge is 2.56. The molecule has 15 nitrogen and oxygen atoms in total.